The summed E-state index contributed by atoms with van der Waals surface area (Å²) < 4.78 is 4.68. The van der Waals surface area contributed by atoms with E-state index in [-0.39, 0.29) is 29.1 Å². The van der Waals surface area contributed by atoms with E-state index in [1.165, 1.54) is 7.11 Å². The van der Waals surface area contributed by atoms with Crippen LogP contribution < -0.4 is 10.6 Å². The summed E-state index contributed by atoms with van der Waals surface area (Å²) in [6.07, 6.45) is 1.61. The second kappa shape index (κ2) is 2.75. The quantitative estimate of drug-likeness (QED) is 0.484. The van der Waals surface area contributed by atoms with Gasteiger partial charge in [0.25, 0.3) is 5.91 Å². The Hall–Kier alpha value is -1.59. The standard InChI is InChI=1S/C10H12N2O4/c1-16-8(14)5-3-10(5)2-4(10)6-7(13)12-9(15)11-6/h4-6H,2-3H2,1H3,(H2,11,12,13,15)/t4?,5?,6?,10-/m1/s1. The predicted molar refractivity (Wildman–Crippen MR) is 51.1 cm³/mol. The Kier molecular flexibility index (Phi) is 1.65. The highest BCUT2D eigenvalue weighted by atomic mass is 16.5. The van der Waals surface area contributed by atoms with Crippen LogP contribution in [-0.4, -0.2) is 31.1 Å². The normalized spacial score (nSPS) is 43.9. The van der Waals surface area contributed by atoms with Crippen molar-refractivity contribution in [3.63, 3.8) is 0 Å². The lowest BCUT2D eigenvalue weighted by Crippen LogP contribution is -2.32. The molecule has 3 rings (SSSR count). The van der Waals surface area contributed by atoms with Crippen LogP contribution in [0.25, 0.3) is 0 Å². The van der Waals surface area contributed by atoms with Crippen LogP contribution in [0, 0.1) is 17.3 Å². The van der Waals surface area contributed by atoms with Gasteiger partial charge in [0.05, 0.1) is 13.0 Å². The molecule has 3 fully saturated rings. The molecule has 2 saturated carbocycles. The van der Waals surface area contributed by atoms with Crippen LogP contribution in [0.5, 0.6) is 0 Å². The monoisotopic (exact) mass is 224 g/mol. The number of urea groups is 1. The average Bonchev–Trinajstić information content (AvgIpc) is 3.11. The van der Waals surface area contributed by atoms with E-state index in [1.807, 2.05) is 0 Å². The molecule has 6 heteroatoms. The highest BCUT2D eigenvalue weighted by Crippen LogP contribution is 2.75. The maximum absolute atomic E-state index is 11.4. The van der Waals surface area contributed by atoms with Gasteiger partial charge in [-0.05, 0) is 24.2 Å². The first-order valence-corrected chi connectivity index (χ1v) is 5.28. The van der Waals surface area contributed by atoms with Gasteiger partial charge in [-0.25, -0.2) is 4.79 Å². The molecule has 0 aromatic rings. The third kappa shape index (κ3) is 1.10. The molecule has 3 unspecified atom stereocenters. The summed E-state index contributed by atoms with van der Waals surface area (Å²) in [5, 5.41) is 4.79. The Bertz CT molecular complexity index is 408. The molecule has 1 heterocycles. The van der Waals surface area contributed by atoms with Crippen molar-refractivity contribution < 1.29 is 19.1 Å². The van der Waals surface area contributed by atoms with Crippen molar-refractivity contribution in [1.29, 1.82) is 0 Å². The highest BCUT2D eigenvalue weighted by molar-refractivity contribution is 6.04. The van der Waals surface area contributed by atoms with Crippen LogP contribution in [-0.2, 0) is 14.3 Å². The Morgan fingerprint density at radius 3 is 2.75 bits per heavy atom. The molecule has 1 aliphatic heterocycles. The third-order valence-corrected chi connectivity index (χ3v) is 3.99. The van der Waals surface area contributed by atoms with Crippen LogP contribution in [0.1, 0.15) is 12.8 Å². The molecule has 86 valence electrons. The first kappa shape index (κ1) is 9.62. The number of methoxy groups -OCH3 is 1. The van der Waals surface area contributed by atoms with Gasteiger partial charge >= 0.3 is 12.0 Å². The van der Waals surface area contributed by atoms with E-state index in [0.717, 1.165) is 12.8 Å². The molecule has 0 radical (unpaired) electrons. The SMILES string of the molecule is COC(=O)C1C[C@@]12CC2C1NC(=O)NC1=O. The van der Waals surface area contributed by atoms with Gasteiger partial charge in [0.15, 0.2) is 0 Å². The van der Waals surface area contributed by atoms with Gasteiger partial charge in [0.2, 0.25) is 0 Å². The number of carbonyl (C=O) groups excluding carboxylic acids is 3. The van der Waals surface area contributed by atoms with Gasteiger partial charge in [-0.1, -0.05) is 0 Å². The van der Waals surface area contributed by atoms with E-state index in [9.17, 15) is 14.4 Å². The van der Waals surface area contributed by atoms with Crippen LogP contribution in [0.2, 0.25) is 0 Å². The van der Waals surface area contributed by atoms with Gasteiger partial charge in [0, 0.05) is 0 Å². The van der Waals surface area contributed by atoms with Gasteiger partial charge < -0.3 is 10.1 Å². The summed E-state index contributed by atoms with van der Waals surface area (Å²) in [7, 11) is 1.37. The number of esters is 1. The van der Waals surface area contributed by atoms with E-state index >= 15 is 0 Å². The number of rotatable bonds is 2. The molecule has 3 aliphatic rings. The first-order valence-electron chi connectivity index (χ1n) is 5.28. The number of amides is 3. The maximum atomic E-state index is 11.4. The van der Waals surface area contributed by atoms with Crippen LogP contribution in [0.15, 0.2) is 0 Å². The van der Waals surface area contributed by atoms with Crippen molar-refractivity contribution >= 4 is 17.9 Å². The highest BCUT2D eigenvalue weighted by Gasteiger charge is 2.76. The summed E-state index contributed by atoms with van der Waals surface area (Å²) in [5.74, 6) is -0.453. The summed E-state index contributed by atoms with van der Waals surface area (Å²) in [6, 6.07) is -0.894. The zero-order valence-electron chi connectivity index (χ0n) is 8.78. The number of hydrogen-bond donors (Lipinski definition) is 2. The number of imide groups is 1. The Balaban J connectivity index is 1.67. The van der Waals surface area contributed by atoms with Crippen molar-refractivity contribution in [2.75, 3.05) is 7.11 Å². The van der Waals surface area contributed by atoms with Crippen molar-refractivity contribution in [3.8, 4) is 0 Å². The van der Waals surface area contributed by atoms with Gasteiger partial charge in [-0.2, -0.15) is 0 Å². The van der Waals surface area contributed by atoms with E-state index in [1.54, 1.807) is 0 Å². The van der Waals surface area contributed by atoms with Crippen LogP contribution in [0.3, 0.4) is 0 Å². The maximum Gasteiger partial charge on any atom is 0.322 e. The molecule has 3 amide bonds. The number of ether oxygens (including phenoxy) is 1. The van der Waals surface area contributed by atoms with Crippen LogP contribution in [0.4, 0.5) is 4.79 Å². The number of nitrogens with one attached hydrogen (secondary N) is 2. The fourth-order valence-electron chi connectivity index (χ4n) is 2.93. The van der Waals surface area contributed by atoms with Crippen molar-refractivity contribution in [1.82, 2.24) is 10.6 Å². The average molecular weight is 224 g/mol. The Morgan fingerprint density at radius 1 is 1.44 bits per heavy atom. The van der Waals surface area contributed by atoms with E-state index in [0.29, 0.717) is 0 Å². The fraction of sp³-hybridized carbons (Fsp3) is 0.700. The second-order valence-electron chi connectivity index (χ2n) is 4.76. The molecule has 0 aromatic heterocycles. The lowest BCUT2D eigenvalue weighted by Gasteiger charge is -2.05. The van der Waals surface area contributed by atoms with E-state index < -0.39 is 12.1 Å². The van der Waals surface area contributed by atoms with E-state index in [4.69, 9.17) is 0 Å². The molecule has 1 saturated heterocycles. The Morgan fingerprint density at radius 2 is 2.19 bits per heavy atom. The summed E-state index contributed by atoms with van der Waals surface area (Å²) in [6.45, 7) is 0. The zero-order chi connectivity index (χ0) is 11.5. The topological polar surface area (TPSA) is 84.5 Å². The third-order valence-electron chi connectivity index (χ3n) is 3.99. The van der Waals surface area contributed by atoms with Gasteiger partial charge in [0.1, 0.15) is 6.04 Å². The van der Waals surface area contributed by atoms with Crippen molar-refractivity contribution in [2.45, 2.75) is 18.9 Å². The largest absolute Gasteiger partial charge is 0.469 e. The molecular weight excluding hydrogens is 212 g/mol. The molecule has 2 N–H and O–H groups in total. The molecule has 0 bridgehead atoms. The molecule has 1 spiro atoms. The lowest BCUT2D eigenvalue weighted by atomic mass is 10.1. The molecular formula is C10H12N2O4. The lowest BCUT2D eigenvalue weighted by molar-refractivity contribution is -0.142. The zero-order valence-corrected chi connectivity index (χ0v) is 8.78. The van der Waals surface area contributed by atoms with Gasteiger partial charge in [-0.3, -0.25) is 14.9 Å². The second-order valence-corrected chi connectivity index (χ2v) is 4.76. The molecule has 2 aliphatic carbocycles. The minimum atomic E-state index is -0.456. The van der Waals surface area contributed by atoms with Crippen LogP contribution >= 0.6 is 0 Å². The smallest absolute Gasteiger partial charge is 0.322 e. The molecule has 16 heavy (non-hydrogen) atoms. The fourth-order valence-corrected chi connectivity index (χ4v) is 2.93. The van der Waals surface area contributed by atoms with Gasteiger partial charge in [-0.15, -0.1) is 0 Å². The first-order chi connectivity index (χ1) is 7.58. The van der Waals surface area contributed by atoms with E-state index in [2.05, 4.69) is 15.4 Å². The predicted octanol–water partition coefficient (Wildman–Crippen LogP) is -0.606. The summed E-state index contributed by atoms with van der Waals surface area (Å²) in [5.41, 5.74) is -0.0628. The van der Waals surface area contributed by atoms with Crippen molar-refractivity contribution in [2.24, 2.45) is 17.3 Å². The number of hydrogen-bond acceptors (Lipinski definition) is 4. The minimum Gasteiger partial charge on any atom is -0.469 e. The summed E-state index contributed by atoms with van der Waals surface area (Å²) in [4.78, 5) is 33.7. The Labute approximate surface area is 91.7 Å². The molecule has 4 atom stereocenters. The summed E-state index contributed by atoms with van der Waals surface area (Å²) >= 11 is 0. The minimum absolute atomic E-state index is 0.0628. The molecule has 0 aromatic carbocycles. The molecule has 6 nitrogen and oxygen atoms in total. The van der Waals surface area contributed by atoms with Crippen molar-refractivity contribution in [3.05, 3.63) is 0 Å². The number of carbonyl (C=O) groups is 3.